The molecule has 0 radical (unpaired) electrons. The van der Waals surface area contributed by atoms with Crippen molar-refractivity contribution < 1.29 is 58.4 Å². The third-order valence-corrected chi connectivity index (χ3v) is 15.0. The van der Waals surface area contributed by atoms with Crippen molar-refractivity contribution >= 4 is 11.9 Å². The molecule has 4 fully saturated rings. The van der Waals surface area contributed by atoms with Crippen molar-refractivity contribution in [3.63, 3.8) is 0 Å². The molecule has 0 amide bonds. The molecule has 5 rings (SSSR count). The standard InChI is InChI=1S/C44H74O12/c1-12-31(40(48)49)33-16-15-24(4)38(53-33)28(8)36(46)27(7)37(47)32(13-2)39-25(5)23-26(6)43(54-39)20-18-35(52-30(10)45)44(56-43)22-21-41(11,55-44)34-17-19-42(50,14-3)29(9)51-34/h18,20,24-29,31-39,46-47,50H,12-17,19,21-23H2,1-11H3,(H,48,49)/t24-,25-,26+,27-,28-,29-,31+,32-,33+,34+,35+,36+,37+,38+,39-,41-,42+,43-,44-/m0/s1. The van der Waals surface area contributed by atoms with Gasteiger partial charge < -0.3 is 48.8 Å². The largest absolute Gasteiger partial charge is 0.481 e. The molecule has 4 saturated heterocycles. The van der Waals surface area contributed by atoms with Gasteiger partial charge in [0.2, 0.25) is 5.79 Å². The molecule has 12 nitrogen and oxygen atoms in total. The third kappa shape index (κ3) is 8.65. The Morgan fingerprint density at radius 2 is 1.59 bits per heavy atom. The lowest BCUT2D eigenvalue weighted by atomic mass is 9.72. The Morgan fingerprint density at radius 1 is 0.893 bits per heavy atom. The molecule has 4 N–H and O–H groups in total. The molecule has 322 valence electrons. The van der Waals surface area contributed by atoms with Gasteiger partial charge in [-0.2, -0.15) is 0 Å². The van der Waals surface area contributed by atoms with E-state index in [4.69, 9.17) is 28.4 Å². The first kappa shape index (κ1) is 45.4. The van der Waals surface area contributed by atoms with Crippen LogP contribution in [-0.2, 0) is 38.0 Å². The molecule has 0 bridgehead atoms. The predicted molar refractivity (Wildman–Crippen MR) is 209 cm³/mol. The molecule has 0 aromatic carbocycles. The van der Waals surface area contributed by atoms with Crippen LogP contribution in [0.1, 0.15) is 140 Å². The van der Waals surface area contributed by atoms with Gasteiger partial charge in [-0.3, -0.25) is 9.59 Å². The fourth-order valence-corrected chi connectivity index (χ4v) is 11.0. The number of aliphatic carboxylic acids is 1. The lowest BCUT2D eigenvalue weighted by Crippen LogP contribution is -2.63. The first-order valence-electron chi connectivity index (χ1n) is 21.8. The summed E-state index contributed by atoms with van der Waals surface area (Å²) in [6.07, 6.45) is 5.17. The summed E-state index contributed by atoms with van der Waals surface area (Å²) < 4.78 is 40.0. The number of esters is 1. The first-order valence-corrected chi connectivity index (χ1v) is 21.8. The molecule has 0 saturated carbocycles. The maximum Gasteiger partial charge on any atom is 0.309 e. The summed E-state index contributed by atoms with van der Waals surface area (Å²) in [5.74, 6) is -5.71. The van der Waals surface area contributed by atoms with Gasteiger partial charge in [-0.15, -0.1) is 0 Å². The Hall–Kier alpha value is -1.64. The lowest BCUT2D eigenvalue weighted by molar-refractivity contribution is -0.411. The van der Waals surface area contributed by atoms with Gasteiger partial charge in [0.25, 0.3) is 0 Å². The Kier molecular flexibility index (Phi) is 14.2. The van der Waals surface area contributed by atoms with E-state index >= 15 is 0 Å². The van der Waals surface area contributed by atoms with Crippen molar-refractivity contribution in [2.45, 2.75) is 212 Å². The van der Waals surface area contributed by atoms with E-state index < -0.39 is 77.1 Å². The number of aliphatic hydroxyl groups excluding tert-OH is 2. The van der Waals surface area contributed by atoms with Gasteiger partial charge in [0.15, 0.2) is 11.9 Å². The van der Waals surface area contributed by atoms with Gasteiger partial charge in [0.1, 0.15) is 0 Å². The van der Waals surface area contributed by atoms with Crippen molar-refractivity contribution in [1.29, 1.82) is 0 Å². The zero-order valence-corrected chi connectivity index (χ0v) is 35.9. The molecule has 56 heavy (non-hydrogen) atoms. The number of carbonyl (C=O) groups excluding carboxylic acids is 1. The van der Waals surface area contributed by atoms with E-state index in [1.807, 2.05) is 60.6 Å². The monoisotopic (exact) mass is 795 g/mol. The summed E-state index contributed by atoms with van der Waals surface area (Å²) in [6, 6.07) is 0. The average molecular weight is 795 g/mol. The van der Waals surface area contributed by atoms with Gasteiger partial charge >= 0.3 is 11.9 Å². The molecule has 0 aliphatic carbocycles. The van der Waals surface area contributed by atoms with Crippen LogP contribution in [0.4, 0.5) is 0 Å². The van der Waals surface area contributed by atoms with Crippen molar-refractivity contribution in [3.05, 3.63) is 12.2 Å². The van der Waals surface area contributed by atoms with E-state index in [9.17, 15) is 30.0 Å². The number of hydrogen-bond donors (Lipinski definition) is 4. The maximum atomic E-state index is 12.4. The van der Waals surface area contributed by atoms with Crippen LogP contribution in [-0.4, -0.2) is 104 Å². The molecule has 0 unspecified atom stereocenters. The summed E-state index contributed by atoms with van der Waals surface area (Å²) in [5.41, 5.74) is -1.68. The van der Waals surface area contributed by atoms with Crippen LogP contribution in [0.15, 0.2) is 12.2 Å². The van der Waals surface area contributed by atoms with Crippen LogP contribution >= 0.6 is 0 Å². The first-order chi connectivity index (χ1) is 26.2. The molecule has 2 spiro atoms. The zero-order chi connectivity index (χ0) is 41.5. The molecule has 0 aromatic heterocycles. The van der Waals surface area contributed by atoms with Crippen LogP contribution in [0.2, 0.25) is 0 Å². The minimum atomic E-state index is -1.36. The smallest absolute Gasteiger partial charge is 0.309 e. The number of carboxylic acids is 1. The lowest BCUT2D eigenvalue weighted by Gasteiger charge is -2.55. The summed E-state index contributed by atoms with van der Waals surface area (Å²) >= 11 is 0. The second kappa shape index (κ2) is 17.5. The maximum absolute atomic E-state index is 12.4. The van der Waals surface area contributed by atoms with Crippen LogP contribution in [0.3, 0.4) is 0 Å². The van der Waals surface area contributed by atoms with Gasteiger partial charge in [-0.1, -0.05) is 55.4 Å². The van der Waals surface area contributed by atoms with E-state index in [1.165, 1.54) is 6.92 Å². The van der Waals surface area contributed by atoms with E-state index in [0.717, 1.165) is 12.8 Å². The number of hydrogen-bond acceptors (Lipinski definition) is 11. The second-order valence-electron chi connectivity index (χ2n) is 18.7. The van der Waals surface area contributed by atoms with E-state index in [0.29, 0.717) is 51.4 Å². The number of carbonyl (C=O) groups is 2. The Balaban J connectivity index is 1.36. The molecule has 5 heterocycles. The quantitative estimate of drug-likeness (QED) is 0.117. The number of aliphatic hydroxyl groups is 3. The van der Waals surface area contributed by atoms with Gasteiger partial charge in [0.05, 0.1) is 59.8 Å². The number of carboxylic acid groups (broad SMARTS) is 1. The fourth-order valence-electron chi connectivity index (χ4n) is 11.0. The predicted octanol–water partition coefficient (Wildman–Crippen LogP) is 6.55. The number of rotatable bonds is 13. The van der Waals surface area contributed by atoms with E-state index in [-0.39, 0.29) is 47.9 Å². The second-order valence-corrected chi connectivity index (χ2v) is 18.7. The zero-order valence-electron chi connectivity index (χ0n) is 35.9. The van der Waals surface area contributed by atoms with E-state index in [2.05, 4.69) is 20.8 Å². The van der Waals surface area contributed by atoms with Crippen molar-refractivity contribution in [1.82, 2.24) is 0 Å². The summed E-state index contributed by atoms with van der Waals surface area (Å²) in [7, 11) is 0. The van der Waals surface area contributed by atoms with Crippen molar-refractivity contribution in [2.24, 2.45) is 41.4 Å². The van der Waals surface area contributed by atoms with Gasteiger partial charge in [-0.05, 0) is 95.6 Å². The van der Waals surface area contributed by atoms with Crippen LogP contribution in [0, 0.1) is 41.4 Å². The highest BCUT2D eigenvalue weighted by Crippen LogP contribution is 2.55. The van der Waals surface area contributed by atoms with Crippen molar-refractivity contribution in [2.75, 3.05) is 0 Å². The highest BCUT2D eigenvalue weighted by molar-refractivity contribution is 5.70. The SMILES string of the molecule is CC[C@@H]([C@H](O)[C@@H](C)[C@@H](O)[C@H](C)[C@@H]1O[C@@H]([C@@H](CC)C(=O)O)CC[C@@H]1C)[C@H]1O[C@]2(C=C[C@@H](OC(C)=O)[C@]3(CC[C@@](C)([C@H]4CC[C@](O)(CC)[C@H](C)O4)O3)O2)[C@H](C)C[C@@H]1C. The molecule has 19 atom stereocenters. The van der Waals surface area contributed by atoms with Crippen LogP contribution in [0.5, 0.6) is 0 Å². The third-order valence-electron chi connectivity index (χ3n) is 15.0. The Labute approximate surface area is 335 Å². The molecule has 12 heteroatoms. The highest BCUT2D eigenvalue weighted by atomic mass is 16.8. The summed E-state index contributed by atoms with van der Waals surface area (Å²) in [6.45, 7) is 21.2. The highest BCUT2D eigenvalue weighted by Gasteiger charge is 2.64. The minimum absolute atomic E-state index is 0.0461. The Morgan fingerprint density at radius 3 is 2.18 bits per heavy atom. The molecular formula is C44H74O12. The molecule has 5 aliphatic rings. The average Bonchev–Trinajstić information content (AvgIpc) is 3.49. The topological polar surface area (TPSA) is 170 Å². The normalized spacial score (nSPS) is 44.9. The molecule has 0 aromatic rings. The number of ether oxygens (including phenoxy) is 6. The summed E-state index contributed by atoms with van der Waals surface area (Å²) in [4.78, 5) is 24.4. The van der Waals surface area contributed by atoms with Crippen LogP contribution < -0.4 is 0 Å². The van der Waals surface area contributed by atoms with Crippen LogP contribution in [0.25, 0.3) is 0 Å². The minimum Gasteiger partial charge on any atom is -0.481 e. The van der Waals surface area contributed by atoms with E-state index in [1.54, 1.807) is 0 Å². The van der Waals surface area contributed by atoms with Gasteiger partial charge in [0, 0.05) is 37.0 Å². The fraction of sp³-hybridized carbons (Fsp3) is 0.909. The molecule has 5 aliphatic heterocycles. The summed E-state index contributed by atoms with van der Waals surface area (Å²) in [5, 5.41) is 44.9. The van der Waals surface area contributed by atoms with Gasteiger partial charge in [-0.25, -0.2) is 0 Å². The molecular weight excluding hydrogens is 720 g/mol. The van der Waals surface area contributed by atoms with Crippen molar-refractivity contribution in [3.8, 4) is 0 Å². The Bertz CT molecular complexity index is 1390.